The van der Waals surface area contributed by atoms with Gasteiger partial charge in [0, 0.05) is 35.7 Å². The van der Waals surface area contributed by atoms with Crippen molar-refractivity contribution in [2.45, 2.75) is 0 Å². The highest BCUT2D eigenvalue weighted by molar-refractivity contribution is 6.00. The third kappa shape index (κ3) is 4.66. The van der Waals surface area contributed by atoms with Crippen LogP contribution in [0.15, 0.2) is 61.3 Å². The summed E-state index contributed by atoms with van der Waals surface area (Å²) >= 11 is 0. The van der Waals surface area contributed by atoms with Gasteiger partial charge in [0.2, 0.25) is 11.9 Å². The second-order valence-corrected chi connectivity index (χ2v) is 7.87. The monoisotopic (exact) mass is 466 g/mol. The van der Waals surface area contributed by atoms with Crippen molar-refractivity contribution < 1.29 is 9.53 Å². The maximum absolute atomic E-state index is 11.8. The van der Waals surface area contributed by atoms with Crippen LogP contribution in [0.3, 0.4) is 0 Å². The van der Waals surface area contributed by atoms with Crippen molar-refractivity contribution in [1.29, 1.82) is 5.26 Å². The number of rotatable bonds is 6. The van der Waals surface area contributed by atoms with E-state index in [-0.39, 0.29) is 5.91 Å². The predicted molar refractivity (Wildman–Crippen MR) is 133 cm³/mol. The second kappa shape index (κ2) is 9.62. The standard InChI is InChI=1S/C25H22N8O2/c1-2-22(34)28-18-7-6-16(14-26)20(13-18)23-21-15-27-32-24(21)31-25(30-23)29-17-4-3-5-19(12-17)33-8-10-35-11-9-33/h2-7,12-13,15H,1,8-11H2,(H,28,34)(H2,27,29,30,31,32). The van der Waals surface area contributed by atoms with Crippen molar-refractivity contribution in [2.24, 2.45) is 0 Å². The molecule has 0 atom stereocenters. The summed E-state index contributed by atoms with van der Waals surface area (Å²) in [7, 11) is 0. The molecule has 4 aromatic rings. The van der Waals surface area contributed by atoms with Crippen LogP contribution < -0.4 is 15.5 Å². The van der Waals surface area contributed by atoms with Crippen molar-refractivity contribution >= 4 is 40.0 Å². The van der Waals surface area contributed by atoms with Gasteiger partial charge in [0.15, 0.2) is 5.65 Å². The SMILES string of the molecule is C=CC(=O)Nc1ccc(C#N)c(-c2nc(Nc3cccc(N4CCOCC4)c3)nc3[nH]ncc23)c1. The highest BCUT2D eigenvalue weighted by Gasteiger charge is 2.17. The molecule has 174 valence electrons. The molecular weight excluding hydrogens is 444 g/mol. The topological polar surface area (TPSA) is 132 Å². The number of nitriles is 1. The van der Waals surface area contributed by atoms with E-state index in [0.717, 1.165) is 24.5 Å². The number of amides is 1. The second-order valence-electron chi connectivity index (χ2n) is 7.87. The van der Waals surface area contributed by atoms with Gasteiger partial charge in [-0.2, -0.15) is 15.3 Å². The highest BCUT2D eigenvalue weighted by atomic mass is 16.5. The van der Waals surface area contributed by atoms with Crippen LogP contribution in [0.25, 0.3) is 22.3 Å². The van der Waals surface area contributed by atoms with Crippen LogP contribution in [0.5, 0.6) is 0 Å². The molecule has 1 amide bonds. The highest BCUT2D eigenvalue weighted by Crippen LogP contribution is 2.32. The van der Waals surface area contributed by atoms with Gasteiger partial charge in [-0.05, 0) is 42.5 Å². The summed E-state index contributed by atoms with van der Waals surface area (Å²) in [4.78, 5) is 23.4. The number of carbonyl (C=O) groups excluding carboxylic acids is 1. The van der Waals surface area contributed by atoms with Crippen molar-refractivity contribution in [2.75, 3.05) is 41.8 Å². The van der Waals surface area contributed by atoms with E-state index in [1.54, 1.807) is 24.4 Å². The Morgan fingerprint density at radius 3 is 2.83 bits per heavy atom. The van der Waals surface area contributed by atoms with Crippen LogP contribution in [0.1, 0.15) is 5.56 Å². The number of hydrogen-bond acceptors (Lipinski definition) is 8. The summed E-state index contributed by atoms with van der Waals surface area (Å²) in [6.45, 7) is 6.55. The molecule has 0 aliphatic carbocycles. The van der Waals surface area contributed by atoms with Crippen molar-refractivity contribution in [1.82, 2.24) is 20.2 Å². The van der Waals surface area contributed by atoms with Gasteiger partial charge in [-0.25, -0.2) is 4.98 Å². The Morgan fingerprint density at radius 1 is 1.17 bits per heavy atom. The first kappa shape index (κ1) is 22.1. The first-order valence-electron chi connectivity index (χ1n) is 11.0. The third-order valence-corrected chi connectivity index (χ3v) is 5.64. The quantitative estimate of drug-likeness (QED) is 0.367. The Labute approximate surface area is 201 Å². The van der Waals surface area contributed by atoms with Gasteiger partial charge in [0.1, 0.15) is 0 Å². The van der Waals surface area contributed by atoms with Crippen molar-refractivity contribution in [3.8, 4) is 17.3 Å². The Kier molecular flexibility index (Phi) is 6.07. The number of morpholine rings is 1. The first-order valence-corrected chi connectivity index (χ1v) is 11.0. The Bertz CT molecular complexity index is 1450. The number of H-pyrrole nitrogens is 1. The fraction of sp³-hybridized carbons (Fsp3) is 0.160. The van der Waals surface area contributed by atoms with E-state index in [1.807, 2.05) is 18.2 Å². The van der Waals surface area contributed by atoms with Crippen LogP contribution in [-0.4, -0.2) is 52.4 Å². The molecule has 10 nitrogen and oxygen atoms in total. The molecule has 2 aromatic carbocycles. The molecule has 1 aliphatic rings. The van der Waals surface area contributed by atoms with E-state index in [1.165, 1.54) is 6.08 Å². The lowest BCUT2D eigenvalue weighted by atomic mass is 10.0. The minimum Gasteiger partial charge on any atom is -0.378 e. The lowest BCUT2D eigenvalue weighted by molar-refractivity contribution is -0.111. The fourth-order valence-electron chi connectivity index (χ4n) is 3.94. The normalized spacial score (nSPS) is 13.3. The van der Waals surface area contributed by atoms with E-state index in [4.69, 9.17) is 9.72 Å². The summed E-state index contributed by atoms with van der Waals surface area (Å²) in [5.74, 6) is -0.000365. The van der Waals surface area contributed by atoms with Crippen molar-refractivity contribution in [3.63, 3.8) is 0 Å². The maximum Gasteiger partial charge on any atom is 0.247 e. The summed E-state index contributed by atoms with van der Waals surface area (Å²) in [6, 6.07) is 15.2. The first-order chi connectivity index (χ1) is 17.1. The summed E-state index contributed by atoms with van der Waals surface area (Å²) in [5, 5.41) is 23.4. The number of carbonyl (C=O) groups is 1. The predicted octanol–water partition coefficient (Wildman–Crippen LogP) is 3.60. The van der Waals surface area contributed by atoms with Crippen LogP contribution in [0.4, 0.5) is 23.0 Å². The van der Waals surface area contributed by atoms with Crippen LogP contribution in [-0.2, 0) is 9.53 Å². The molecule has 0 bridgehead atoms. The number of anilines is 4. The van der Waals surface area contributed by atoms with Gasteiger partial charge in [-0.1, -0.05) is 12.6 Å². The fourth-order valence-corrected chi connectivity index (χ4v) is 3.94. The Hall–Kier alpha value is -4.75. The molecule has 1 fully saturated rings. The molecular formula is C25H22N8O2. The van der Waals surface area contributed by atoms with E-state index in [2.05, 4.69) is 49.4 Å². The number of fused-ring (bicyclic) bond motifs is 1. The van der Waals surface area contributed by atoms with E-state index in [0.29, 0.717) is 52.7 Å². The van der Waals surface area contributed by atoms with Crippen LogP contribution in [0, 0.1) is 11.3 Å². The van der Waals surface area contributed by atoms with Crippen LogP contribution in [0.2, 0.25) is 0 Å². The summed E-state index contributed by atoms with van der Waals surface area (Å²) < 4.78 is 5.45. The lowest BCUT2D eigenvalue weighted by Crippen LogP contribution is -2.36. The van der Waals surface area contributed by atoms with E-state index >= 15 is 0 Å². The molecule has 3 heterocycles. The minimum atomic E-state index is -0.348. The van der Waals surface area contributed by atoms with Gasteiger partial charge >= 0.3 is 0 Å². The molecule has 35 heavy (non-hydrogen) atoms. The average Bonchev–Trinajstić information content (AvgIpc) is 3.37. The molecule has 1 aliphatic heterocycles. The molecule has 10 heteroatoms. The van der Waals surface area contributed by atoms with Gasteiger partial charge in [-0.15, -0.1) is 0 Å². The molecule has 2 aromatic heterocycles. The van der Waals surface area contributed by atoms with Gasteiger partial charge in [-0.3, -0.25) is 9.89 Å². The zero-order valence-corrected chi connectivity index (χ0v) is 18.8. The smallest absolute Gasteiger partial charge is 0.247 e. The Morgan fingerprint density at radius 2 is 2.03 bits per heavy atom. The molecule has 0 spiro atoms. The molecule has 0 radical (unpaired) electrons. The Balaban J connectivity index is 1.53. The maximum atomic E-state index is 11.8. The summed E-state index contributed by atoms with van der Waals surface area (Å²) in [6.07, 6.45) is 2.80. The number of nitrogens with one attached hydrogen (secondary N) is 3. The largest absolute Gasteiger partial charge is 0.378 e. The molecule has 0 unspecified atom stereocenters. The van der Waals surface area contributed by atoms with E-state index < -0.39 is 0 Å². The van der Waals surface area contributed by atoms with E-state index in [9.17, 15) is 10.1 Å². The number of ether oxygens (including phenoxy) is 1. The molecule has 0 saturated carbocycles. The molecule has 3 N–H and O–H groups in total. The number of nitrogens with zero attached hydrogens (tertiary/aromatic N) is 5. The number of benzene rings is 2. The zero-order valence-electron chi connectivity index (χ0n) is 18.8. The minimum absolute atomic E-state index is 0.347. The summed E-state index contributed by atoms with van der Waals surface area (Å²) in [5.41, 5.74) is 4.42. The third-order valence-electron chi connectivity index (χ3n) is 5.64. The van der Waals surface area contributed by atoms with Gasteiger partial charge < -0.3 is 20.3 Å². The average molecular weight is 467 g/mol. The zero-order chi connectivity index (χ0) is 24.2. The number of aromatic nitrogens is 4. The van der Waals surface area contributed by atoms with Crippen molar-refractivity contribution in [3.05, 3.63) is 66.9 Å². The molecule has 5 rings (SSSR count). The lowest BCUT2D eigenvalue weighted by Gasteiger charge is -2.29. The van der Waals surface area contributed by atoms with Gasteiger partial charge in [0.25, 0.3) is 0 Å². The number of hydrogen-bond donors (Lipinski definition) is 3. The van der Waals surface area contributed by atoms with Crippen LogP contribution >= 0.6 is 0 Å². The van der Waals surface area contributed by atoms with Gasteiger partial charge in [0.05, 0.1) is 42.1 Å². The molecule has 1 saturated heterocycles. The number of aromatic amines is 1.